The van der Waals surface area contributed by atoms with Crippen LogP contribution in [0, 0.1) is 12.3 Å². The van der Waals surface area contributed by atoms with Crippen LogP contribution in [0.2, 0.25) is 0 Å². The molecule has 84 valence electrons. The van der Waals surface area contributed by atoms with E-state index in [1.54, 1.807) is 24.5 Å². The van der Waals surface area contributed by atoms with Gasteiger partial charge in [-0.3, -0.25) is 4.98 Å². The lowest BCUT2D eigenvalue weighted by atomic mass is 10.2. The summed E-state index contributed by atoms with van der Waals surface area (Å²) in [5.74, 6) is 1.32. The molecule has 0 aliphatic rings. The Morgan fingerprint density at radius 1 is 1.47 bits per heavy atom. The number of carboxylic acid groups (broad SMARTS) is 1. The first-order valence-corrected chi connectivity index (χ1v) is 4.87. The van der Waals surface area contributed by atoms with Crippen molar-refractivity contribution in [3.63, 3.8) is 0 Å². The maximum atomic E-state index is 11.0. The number of nitrogens with zero attached hydrogens (tertiary/aromatic N) is 3. The molecule has 0 atom stereocenters. The van der Waals surface area contributed by atoms with Crippen LogP contribution < -0.4 is 0 Å². The fourth-order valence-electron chi connectivity index (χ4n) is 1.46. The molecular weight excluding hydrogens is 218 g/mol. The van der Waals surface area contributed by atoms with Crippen molar-refractivity contribution in [2.24, 2.45) is 0 Å². The monoisotopic (exact) mass is 227 g/mol. The minimum absolute atomic E-state index is 0.0785. The zero-order valence-corrected chi connectivity index (χ0v) is 8.87. The van der Waals surface area contributed by atoms with Gasteiger partial charge in [-0.2, -0.15) is 5.10 Å². The number of pyridine rings is 1. The van der Waals surface area contributed by atoms with Crippen molar-refractivity contribution in [1.82, 2.24) is 14.8 Å². The minimum Gasteiger partial charge on any atom is -0.477 e. The van der Waals surface area contributed by atoms with Crippen LogP contribution in [0.1, 0.15) is 10.5 Å². The lowest BCUT2D eigenvalue weighted by Crippen LogP contribution is -2.08. The molecule has 0 bridgehead atoms. The van der Waals surface area contributed by atoms with Gasteiger partial charge in [-0.25, -0.2) is 9.48 Å². The van der Waals surface area contributed by atoms with Gasteiger partial charge in [0, 0.05) is 18.0 Å². The topological polar surface area (TPSA) is 68.0 Å². The Hall–Kier alpha value is -2.61. The molecule has 5 heteroatoms. The Labute approximate surface area is 97.7 Å². The SMILES string of the molecule is C#CCn1nc(-c2ccncc2)cc1C(=O)O. The first-order valence-electron chi connectivity index (χ1n) is 4.87. The maximum Gasteiger partial charge on any atom is 0.354 e. The first-order chi connectivity index (χ1) is 8.22. The molecule has 0 saturated heterocycles. The van der Waals surface area contributed by atoms with Crippen LogP contribution >= 0.6 is 0 Å². The lowest BCUT2D eigenvalue weighted by Gasteiger charge is -1.97. The quantitative estimate of drug-likeness (QED) is 0.802. The van der Waals surface area contributed by atoms with Crippen LogP contribution in [-0.4, -0.2) is 25.8 Å². The van der Waals surface area contributed by atoms with Gasteiger partial charge in [-0.05, 0) is 18.2 Å². The van der Waals surface area contributed by atoms with Gasteiger partial charge in [0.25, 0.3) is 0 Å². The molecule has 0 spiro atoms. The number of hydrogen-bond donors (Lipinski definition) is 1. The maximum absolute atomic E-state index is 11.0. The Morgan fingerprint density at radius 3 is 2.76 bits per heavy atom. The molecule has 0 aromatic carbocycles. The number of aromatic nitrogens is 3. The Bertz CT molecular complexity index is 582. The second kappa shape index (κ2) is 4.49. The van der Waals surface area contributed by atoms with Crippen LogP contribution in [0.15, 0.2) is 30.6 Å². The van der Waals surface area contributed by atoms with E-state index in [1.807, 2.05) is 0 Å². The molecule has 2 aromatic rings. The van der Waals surface area contributed by atoms with E-state index in [0.717, 1.165) is 5.56 Å². The third-order valence-corrected chi connectivity index (χ3v) is 2.22. The van der Waals surface area contributed by atoms with Gasteiger partial charge in [0.1, 0.15) is 12.2 Å². The zero-order chi connectivity index (χ0) is 12.3. The molecule has 0 aliphatic carbocycles. The summed E-state index contributed by atoms with van der Waals surface area (Å²) < 4.78 is 1.29. The average Bonchev–Trinajstić information content (AvgIpc) is 2.75. The smallest absolute Gasteiger partial charge is 0.354 e. The summed E-state index contributed by atoms with van der Waals surface area (Å²) in [6.45, 7) is 0.132. The Morgan fingerprint density at radius 2 is 2.18 bits per heavy atom. The second-order valence-electron chi connectivity index (χ2n) is 3.32. The predicted molar refractivity (Wildman–Crippen MR) is 61.3 cm³/mol. The van der Waals surface area contributed by atoms with Crippen molar-refractivity contribution < 1.29 is 9.90 Å². The van der Waals surface area contributed by atoms with Crippen molar-refractivity contribution >= 4 is 5.97 Å². The second-order valence-corrected chi connectivity index (χ2v) is 3.32. The number of aromatic carboxylic acids is 1. The molecule has 2 rings (SSSR count). The van der Waals surface area contributed by atoms with Crippen molar-refractivity contribution in [1.29, 1.82) is 0 Å². The van der Waals surface area contributed by atoms with Gasteiger partial charge < -0.3 is 5.11 Å². The van der Waals surface area contributed by atoms with E-state index in [0.29, 0.717) is 5.69 Å². The third-order valence-electron chi connectivity index (χ3n) is 2.22. The molecule has 2 heterocycles. The molecule has 0 amide bonds. The Balaban J connectivity index is 2.48. The van der Waals surface area contributed by atoms with Gasteiger partial charge in [0.15, 0.2) is 0 Å². The molecule has 5 nitrogen and oxygen atoms in total. The summed E-state index contributed by atoms with van der Waals surface area (Å²) in [5, 5.41) is 13.2. The van der Waals surface area contributed by atoms with E-state index in [9.17, 15) is 4.79 Å². The van der Waals surface area contributed by atoms with E-state index in [4.69, 9.17) is 11.5 Å². The molecule has 2 aromatic heterocycles. The normalized spacial score (nSPS) is 9.82. The fraction of sp³-hybridized carbons (Fsp3) is 0.0833. The summed E-state index contributed by atoms with van der Waals surface area (Å²) in [7, 11) is 0. The molecule has 1 N–H and O–H groups in total. The molecule has 0 radical (unpaired) electrons. The summed E-state index contributed by atoms with van der Waals surface area (Å²) in [5.41, 5.74) is 1.45. The van der Waals surface area contributed by atoms with E-state index in [-0.39, 0.29) is 12.2 Å². The number of carboxylic acids is 1. The van der Waals surface area contributed by atoms with Crippen LogP contribution in [0.5, 0.6) is 0 Å². The molecule has 0 saturated carbocycles. The highest BCUT2D eigenvalue weighted by molar-refractivity contribution is 5.87. The lowest BCUT2D eigenvalue weighted by molar-refractivity contribution is 0.0684. The Kier molecular flexibility index (Phi) is 2.88. The van der Waals surface area contributed by atoms with Crippen molar-refractivity contribution in [3.05, 3.63) is 36.3 Å². The zero-order valence-electron chi connectivity index (χ0n) is 8.87. The third kappa shape index (κ3) is 2.16. The number of hydrogen-bond acceptors (Lipinski definition) is 3. The van der Waals surface area contributed by atoms with E-state index in [2.05, 4.69) is 16.0 Å². The van der Waals surface area contributed by atoms with Crippen molar-refractivity contribution in [3.8, 4) is 23.6 Å². The standard InChI is InChI=1S/C12H9N3O2/c1-2-7-15-11(12(16)17)8-10(14-15)9-3-5-13-6-4-9/h1,3-6,8H,7H2,(H,16,17). The number of carbonyl (C=O) groups is 1. The highest BCUT2D eigenvalue weighted by Crippen LogP contribution is 2.18. The molecule has 17 heavy (non-hydrogen) atoms. The van der Waals surface area contributed by atoms with E-state index < -0.39 is 5.97 Å². The number of terminal acetylenes is 1. The predicted octanol–water partition coefficient (Wildman–Crippen LogP) is 1.28. The van der Waals surface area contributed by atoms with Crippen LogP contribution in [0.4, 0.5) is 0 Å². The van der Waals surface area contributed by atoms with E-state index >= 15 is 0 Å². The van der Waals surface area contributed by atoms with Crippen LogP contribution in [0.3, 0.4) is 0 Å². The van der Waals surface area contributed by atoms with Crippen molar-refractivity contribution in [2.75, 3.05) is 0 Å². The summed E-state index contributed by atoms with van der Waals surface area (Å²) in [6.07, 6.45) is 8.41. The fourth-order valence-corrected chi connectivity index (χ4v) is 1.46. The highest BCUT2D eigenvalue weighted by Gasteiger charge is 2.14. The molecule has 0 unspecified atom stereocenters. The summed E-state index contributed by atoms with van der Waals surface area (Å²) in [6, 6.07) is 5.01. The largest absolute Gasteiger partial charge is 0.477 e. The minimum atomic E-state index is -1.05. The number of rotatable bonds is 3. The molecule has 0 aliphatic heterocycles. The molecule has 0 fully saturated rings. The summed E-state index contributed by atoms with van der Waals surface area (Å²) in [4.78, 5) is 14.9. The van der Waals surface area contributed by atoms with Crippen LogP contribution in [-0.2, 0) is 6.54 Å². The van der Waals surface area contributed by atoms with Crippen LogP contribution in [0.25, 0.3) is 11.3 Å². The van der Waals surface area contributed by atoms with Crippen molar-refractivity contribution in [2.45, 2.75) is 6.54 Å². The average molecular weight is 227 g/mol. The van der Waals surface area contributed by atoms with Gasteiger partial charge in [-0.15, -0.1) is 6.42 Å². The first kappa shape index (κ1) is 10.9. The van der Waals surface area contributed by atoms with Gasteiger partial charge in [0.05, 0.1) is 5.69 Å². The molecular formula is C12H9N3O2. The summed E-state index contributed by atoms with van der Waals surface area (Å²) >= 11 is 0. The highest BCUT2D eigenvalue weighted by atomic mass is 16.4. The van der Waals surface area contributed by atoms with Gasteiger partial charge in [-0.1, -0.05) is 5.92 Å². The van der Waals surface area contributed by atoms with Gasteiger partial charge in [0.2, 0.25) is 0 Å². The van der Waals surface area contributed by atoms with Gasteiger partial charge >= 0.3 is 5.97 Å². The van der Waals surface area contributed by atoms with E-state index in [1.165, 1.54) is 10.7 Å².